The first kappa shape index (κ1) is 12.4. The summed E-state index contributed by atoms with van der Waals surface area (Å²) in [6.45, 7) is 0.353. The number of benzene rings is 1. The molecule has 7 heteroatoms. The lowest BCUT2D eigenvalue weighted by atomic mass is 10.0. The fourth-order valence-corrected chi connectivity index (χ4v) is 1.33. The van der Waals surface area contributed by atoms with Gasteiger partial charge in [-0.25, -0.2) is 0 Å². The van der Waals surface area contributed by atoms with Crippen LogP contribution in [0.2, 0.25) is 0 Å². The minimum absolute atomic E-state index is 0.135. The Balaban J connectivity index is 3.50. The van der Waals surface area contributed by atoms with Gasteiger partial charge in [-0.2, -0.15) is 13.2 Å². The highest BCUT2D eigenvalue weighted by Gasteiger charge is 2.35. The van der Waals surface area contributed by atoms with Crippen molar-refractivity contribution in [1.29, 1.82) is 0 Å². The number of nitro groups is 1. The van der Waals surface area contributed by atoms with Crippen LogP contribution in [0, 0.1) is 17.0 Å². The van der Waals surface area contributed by atoms with E-state index in [2.05, 4.69) is 0 Å². The summed E-state index contributed by atoms with van der Waals surface area (Å²) in [6.07, 6.45) is -4.67. The van der Waals surface area contributed by atoms with E-state index in [-0.39, 0.29) is 5.56 Å². The molecule has 1 rings (SSSR count). The van der Waals surface area contributed by atoms with Gasteiger partial charge in [0, 0.05) is 11.6 Å². The van der Waals surface area contributed by atoms with Crippen LogP contribution in [-0.4, -0.2) is 10.0 Å². The van der Waals surface area contributed by atoms with E-state index in [0.29, 0.717) is 6.07 Å². The largest absolute Gasteiger partial charge is 0.416 e. The molecule has 0 aliphatic rings. The van der Waals surface area contributed by atoms with Crippen LogP contribution in [0.15, 0.2) is 12.1 Å². The van der Waals surface area contributed by atoms with Crippen molar-refractivity contribution in [3.05, 3.63) is 38.9 Å². The van der Waals surface area contributed by atoms with Crippen molar-refractivity contribution in [2.75, 3.05) is 0 Å². The average molecular weight is 235 g/mol. The molecule has 0 radical (unpaired) electrons. The molecule has 16 heavy (non-hydrogen) atoms. The number of nitro benzene ring substituents is 1. The van der Waals surface area contributed by atoms with E-state index in [9.17, 15) is 23.3 Å². The number of hydrogen-bond acceptors (Lipinski definition) is 3. The lowest BCUT2D eigenvalue weighted by molar-refractivity contribution is -0.385. The van der Waals surface area contributed by atoms with E-state index in [1.165, 1.54) is 0 Å². The number of halogens is 3. The molecule has 4 nitrogen and oxygen atoms in total. The van der Waals surface area contributed by atoms with Gasteiger partial charge >= 0.3 is 6.18 Å². The number of alkyl halides is 3. The van der Waals surface area contributed by atoms with Crippen LogP contribution >= 0.6 is 0 Å². The van der Waals surface area contributed by atoms with Gasteiger partial charge in [-0.3, -0.25) is 10.1 Å². The van der Waals surface area contributed by atoms with Gasteiger partial charge in [-0.1, -0.05) is 0 Å². The predicted octanol–water partition coefficient (Wildman–Crippen LogP) is 2.41. The van der Waals surface area contributed by atoms with Gasteiger partial charge in [0.1, 0.15) is 0 Å². The third-order valence-corrected chi connectivity index (χ3v) is 2.12. The van der Waals surface area contributed by atoms with E-state index < -0.39 is 34.5 Å². The van der Waals surface area contributed by atoms with Crippen molar-refractivity contribution in [2.24, 2.45) is 0 Å². The molecule has 0 saturated carbocycles. The van der Waals surface area contributed by atoms with Gasteiger partial charge in [0.2, 0.25) is 0 Å². The molecule has 0 amide bonds. The van der Waals surface area contributed by atoms with Crippen molar-refractivity contribution in [3.63, 3.8) is 0 Å². The summed E-state index contributed by atoms with van der Waals surface area (Å²) in [5, 5.41) is 19.3. The summed E-state index contributed by atoms with van der Waals surface area (Å²) in [5.41, 5.74) is -2.32. The van der Waals surface area contributed by atoms with E-state index in [4.69, 9.17) is 5.11 Å². The average Bonchev–Trinajstić information content (AvgIpc) is 2.15. The number of hydrogen-bond donors (Lipinski definition) is 1. The van der Waals surface area contributed by atoms with Crippen LogP contribution < -0.4 is 0 Å². The minimum atomic E-state index is -4.67. The highest BCUT2D eigenvalue weighted by atomic mass is 19.4. The van der Waals surface area contributed by atoms with Gasteiger partial charge in [0.25, 0.3) is 5.69 Å². The molecule has 0 aliphatic carbocycles. The Morgan fingerprint density at radius 1 is 1.44 bits per heavy atom. The first-order chi connectivity index (χ1) is 7.27. The van der Waals surface area contributed by atoms with Gasteiger partial charge < -0.3 is 5.11 Å². The molecule has 0 aliphatic heterocycles. The normalized spacial score (nSPS) is 11.6. The van der Waals surface area contributed by atoms with Gasteiger partial charge in [-0.15, -0.1) is 0 Å². The smallest absolute Gasteiger partial charge is 0.392 e. The highest BCUT2D eigenvalue weighted by molar-refractivity contribution is 5.48. The fourth-order valence-electron chi connectivity index (χ4n) is 1.33. The van der Waals surface area contributed by atoms with Crippen molar-refractivity contribution in [1.82, 2.24) is 0 Å². The predicted molar refractivity (Wildman–Crippen MR) is 48.8 cm³/mol. The Morgan fingerprint density at radius 2 is 2.00 bits per heavy atom. The van der Waals surface area contributed by atoms with Crippen LogP contribution in [0.1, 0.15) is 16.7 Å². The molecule has 88 valence electrons. The monoisotopic (exact) mass is 235 g/mol. The Kier molecular flexibility index (Phi) is 3.18. The molecule has 0 spiro atoms. The second-order valence-corrected chi connectivity index (χ2v) is 3.20. The van der Waals surface area contributed by atoms with Crippen LogP contribution in [0.25, 0.3) is 0 Å². The molecule has 0 aromatic heterocycles. The summed E-state index contributed by atoms with van der Waals surface area (Å²) < 4.78 is 37.5. The molecule has 1 N–H and O–H groups in total. The van der Waals surface area contributed by atoms with Crippen LogP contribution in [0.5, 0.6) is 0 Å². The zero-order valence-electron chi connectivity index (χ0n) is 8.21. The molecule has 0 atom stereocenters. The Morgan fingerprint density at radius 3 is 2.38 bits per heavy atom. The quantitative estimate of drug-likeness (QED) is 0.632. The van der Waals surface area contributed by atoms with Crippen molar-refractivity contribution < 1.29 is 23.2 Å². The lowest BCUT2D eigenvalue weighted by Crippen LogP contribution is -2.10. The number of aliphatic hydroxyl groups is 1. The molecular weight excluding hydrogens is 227 g/mol. The molecule has 0 saturated heterocycles. The third-order valence-electron chi connectivity index (χ3n) is 2.12. The van der Waals surface area contributed by atoms with Crippen molar-refractivity contribution in [3.8, 4) is 0 Å². The van der Waals surface area contributed by atoms with Gasteiger partial charge in [0.05, 0.1) is 17.1 Å². The molecule has 0 fully saturated rings. The summed E-state index contributed by atoms with van der Waals surface area (Å²) in [5.74, 6) is 0. The fraction of sp³-hybridized carbons (Fsp3) is 0.333. The standard InChI is InChI=1S/C9H8F3NO3/c1-5-7(9(10,11)12)2-6(4-14)3-8(5)13(15)16/h2-3,14H,4H2,1H3. The maximum absolute atomic E-state index is 12.5. The number of nitrogens with zero attached hydrogens (tertiary/aromatic N) is 1. The van der Waals surface area contributed by atoms with Gasteiger partial charge in [0.15, 0.2) is 0 Å². The maximum Gasteiger partial charge on any atom is 0.416 e. The molecule has 1 aromatic carbocycles. The first-order valence-corrected chi connectivity index (χ1v) is 4.23. The van der Waals surface area contributed by atoms with Crippen LogP contribution in [-0.2, 0) is 12.8 Å². The number of aliphatic hydroxyl groups excluding tert-OH is 1. The van der Waals surface area contributed by atoms with Gasteiger partial charge in [-0.05, 0) is 18.6 Å². The van der Waals surface area contributed by atoms with E-state index in [1.807, 2.05) is 0 Å². The Hall–Kier alpha value is -1.63. The highest BCUT2D eigenvalue weighted by Crippen LogP contribution is 2.36. The van der Waals surface area contributed by atoms with E-state index in [0.717, 1.165) is 13.0 Å². The second kappa shape index (κ2) is 4.09. The molecule has 0 unspecified atom stereocenters. The third kappa shape index (κ3) is 2.30. The molecular formula is C9H8F3NO3. The summed E-state index contributed by atoms with van der Waals surface area (Å²) in [6, 6.07) is 1.65. The topological polar surface area (TPSA) is 63.4 Å². The summed E-state index contributed by atoms with van der Waals surface area (Å²) in [4.78, 5) is 9.63. The van der Waals surface area contributed by atoms with E-state index in [1.54, 1.807) is 0 Å². The van der Waals surface area contributed by atoms with Crippen molar-refractivity contribution >= 4 is 5.69 Å². The zero-order chi connectivity index (χ0) is 12.5. The maximum atomic E-state index is 12.5. The Labute approximate surface area is 88.5 Å². The Bertz CT molecular complexity index is 429. The first-order valence-electron chi connectivity index (χ1n) is 4.23. The van der Waals surface area contributed by atoms with Crippen LogP contribution in [0.3, 0.4) is 0 Å². The number of rotatable bonds is 2. The lowest BCUT2D eigenvalue weighted by Gasteiger charge is -2.11. The minimum Gasteiger partial charge on any atom is -0.392 e. The van der Waals surface area contributed by atoms with E-state index >= 15 is 0 Å². The van der Waals surface area contributed by atoms with Crippen molar-refractivity contribution in [2.45, 2.75) is 19.7 Å². The zero-order valence-corrected chi connectivity index (χ0v) is 8.21. The molecule has 0 bridgehead atoms. The van der Waals surface area contributed by atoms with Crippen LogP contribution in [0.4, 0.5) is 18.9 Å². The molecule has 1 aromatic rings. The SMILES string of the molecule is Cc1c([N+](=O)[O-])cc(CO)cc1C(F)(F)F. The summed E-state index contributed by atoms with van der Waals surface area (Å²) in [7, 11) is 0. The second-order valence-electron chi connectivity index (χ2n) is 3.20. The molecule has 0 heterocycles. The summed E-state index contributed by atoms with van der Waals surface area (Å²) >= 11 is 0.